The summed E-state index contributed by atoms with van der Waals surface area (Å²) in [6.45, 7) is 3.44. The predicted molar refractivity (Wildman–Crippen MR) is 129 cm³/mol. The molecule has 2 aliphatic rings. The number of hydrogen-bond acceptors (Lipinski definition) is 6. The standard InChI is InChI=1S/C26H33FN4O4/c1-17-21(15-19(27)16-29-17)26(10-11-26)25(34)31-22(24(32)33)9-14-35-13-3-2-6-20-8-7-18-5-4-12-28-23(18)30-20/h7-8,15-16,22H,2-6,9-14H2,1H3,(H,28,30)(H,31,34)(H,32,33). The van der Waals surface area contributed by atoms with Crippen LogP contribution < -0.4 is 10.6 Å². The lowest BCUT2D eigenvalue weighted by atomic mass is 9.93. The van der Waals surface area contributed by atoms with Crippen molar-refractivity contribution in [3.63, 3.8) is 0 Å². The van der Waals surface area contributed by atoms with Crippen LogP contribution >= 0.6 is 0 Å². The van der Waals surface area contributed by atoms with E-state index in [0.717, 1.165) is 56.4 Å². The fourth-order valence-corrected chi connectivity index (χ4v) is 4.61. The van der Waals surface area contributed by atoms with Crippen molar-refractivity contribution in [2.24, 2.45) is 0 Å². The van der Waals surface area contributed by atoms with Gasteiger partial charge in [-0.3, -0.25) is 9.78 Å². The number of carboxylic acids is 1. The molecule has 9 heteroatoms. The van der Waals surface area contributed by atoms with E-state index in [1.807, 2.05) is 0 Å². The van der Waals surface area contributed by atoms with Crippen LogP contribution in [0.2, 0.25) is 0 Å². The van der Waals surface area contributed by atoms with Crippen LogP contribution in [0.15, 0.2) is 24.4 Å². The Kier molecular flexibility index (Phi) is 7.95. The van der Waals surface area contributed by atoms with E-state index in [9.17, 15) is 19.1 Å². The third kappa shape index (κ3) is 6.14. The Morgan fingerprint density at radius 2 is 2.11 bits per heavy atom. The van der Waals surface area contributed by atoms with Gasteiger partial charge in [-0.25, -0.2) is 14.2 Å². The molecule has 0 radical (unpaired) electrons. The van der Waals surface area contributed by atoms with Crippen LogP contribution in [0.4, 0.5) is 10.2 Å². The van der Waals surface area contributed by atoms with Crippen molar-refractivity contribution in [2.75, 3.05) is 25.1 Å². The molecule has 1 unspecified atom stereocenters. The highest BCUT2D eigenvalue weighted by atomic mass is 19.1. The Hall–Kier alpha value is -3.07. The Balaban J connectivity index is 1.18. The number of amides is 1. The lowest BCUT2D eigenvalue weighted by molar-refractivity contribution is -0.142. The number of pyridine rings is 2. The van der Waals surface area contributed by atoms with Crippen LogP contribution in [0.3, 0.4) is 0 Å². The summed E-state index contributed by atoms with van der Waals surface area (Å²) < 4.78 is 19.3. The molecule has 4 rings (SSSR count). The van der Waals surface area contributed by atoms with Gasteiger partial charge in [-0.05, 0) is 75.1 Å². The number of rotatable bonds is 12. The van der Waals surface area contributed by atoms with Gasteiger partial charge in [0.05, 0.1) is 11.6 Å². The molecule has 8 nitrogen and oxygen atoms in total. The molecule has 0 bridgehead atoms. The molecule has 2 aromatic heterocycles. The summed E-state index contributed by atoms with van der Waals surface area (Å²) in [4.78, 5) is 33.3. The van der Waals surface area contributed by atoms with Crippen molar-refractivity contribution < 1.29 is 23.8 Å². The number of hydrogen-bond donors (Lipinski definition) is 3. The van der Waals surface area contributed by atoms with Crippen molar-refractivity contribution in [2.45, 2.75) is 69.7 Å². The van der Waals surface area contributed by atoms with Gasteiger partial charge in [0.25, 0.3) is 0 Å². The van der Waals surface area contributed by atoms with Crippen molar-refractivity contribution in [1.82, 2.24) is 15.3 Å². The van der Waals surface area contributed by atoms with Crippen molar-refractivity contribution in [3.8, 4) is 0 Å². The molecule has 1 saturated carbocycles. The number of halogens is 1. The lowest BCUT2D eigenvalue weighted by Gasteiger charge is -2.21. The lowest BCUT2D eigenvalue weighted by Crippen LogP contribution is -2.46. The molecule has 1 aliphatic carbocycles. The normalized spacial score (nSPS) is 16.6. The predicted octanol–water partition coefficient (Wildman–Crippen LogP) is 3.31. The number of carbonyl (C=O) groups excluding carboxylic acids is 1. The highest BCUT2D eigenvalue weighted by Gasteiger charge is 2.53. The molecule has 0 saturated heterocycles. The summed E-state index contributed by atoms with van der Waals surface area (Å²) in [7, 11) is 0. The fourth-order valence-electron chi connectivity index (χ4n) is 4.61. The molecule has 3 heterocycles. The van der Waals surface area contributed by atoms with Gasteiger partial charge in [0.15, 0.2) is 0 Å². The maximum atomic E-state index is 13.7. The van der Waals surface area contributed by atoms with E-state index in [-0.39, 0.29) is 13.0 Å². The molecule has 1 atom stereocenters. The van der Waals surface area contributed by atoms with E-state index in [0.29, 0.717) is 30.7 Å². The number of fused-ring (bicyclic) bond motifs is 1. The molecule has 0 spiro atoms. The van der Waals surface area contributed by atoms with Crippen molar-refractivity contribution in [3.05, 3.63) is 52.7 Å². The van der Waals surface area contributed by atoms with Crippen LogP contribution in [0, 0.1) is 12.7 Å². The van der Waals surface area contributed by atoms with Gasteiger partial charge in [0, 0.05) is 37.6 Å². The molecule has 2 aromatic rings. The molecule has 1 fully saturated rings. The van der Waals surface area contributed by atoms with Crippen molar-refractivity contribution >= 4 is 17.7 Å². The largest absolute Gasteiger partial charge is 0.480 e. The van der Waals surface area contributed by atoms with Gasteiger partial charge in [-0.2, -0.15) is 0 Å². The van der Waals surface area contributed by atoms with E-state index >= 15 is 0 Å². The smallest absolute Gasteiger partial charge is 0.326 e. The maximum Gasteiger partial charge on any atom is 0.326 e. The minimum Gasteiger partial charge on any atom is -0.480 e. The van der Waals surface area contributed by atoms with Gasteiger partial charge < -0.3 is 20.5 Å². The van der Waals surface area contributed by atoms with E-state index in [4.69, 9.17) is 9.72 Å². The molecular formula is C26H33FN4O4. The number of carboxylic acid groups (broad SMARTS) is 1. The minimum absolute atomic E-state index is 0.162. The number of nitrogens with one attached hydrogen (secondary N) is 2. The SMILES string of the molecule is Cc1ncc(F)cc1C1(C(=O)NC(CCOCCCCc2ccc3c(n2)NCCC3)C(=O)O)CC1. The topological polar surface area (TPSA) is 113 Å². The zero-order chi connectivity index (χ0) is 24.8. The minimum atomic E-state index is -1.11. The van der Waals surface area contributed by atoms with Gasteiger partial charge in [-0.15, -0.1) is 0 Å². The first-order valence-electron chi connectivity index (χ1n) is 12.4. The second-order valence-corrected chi connectivity index (χ2v) is 9.43. The maximum absolute atomic E-state index is 13.7. The molecule has 3 N–H and O–H groups in total. The van der Waals surface area contributed by atoms with E-state index in [2.05, 4.69) is 27.8 Å². The Morgan fingerprint density at radius 3 is 2.89 bits per heavy atom. The molecule has 1 amide bonds. The highest BCUT2D eigenvalue weighted by Crippen LogP contribution is 2.49. The number of ether oxygens (including phenoxy) is 1. The van der Waals surface area contributed by atoms with Crippen molar-refractivity contribution in [1.29, 1.82) is 0 Å². The number of aliphatic carboxylic acids is 1. The summed E-state index contributed by atoms with van der Waals surface area (Å²) >= 11 is 0. The highest BCUT2D eigenvalue weighted by molar-refractivity contribution is 5.94. The molecule has 188 valence electrons. The van der Waals surface area contributed by atoms with E-state index < -0.39 is 29.2 Å². The number of unbranched alkanes of at least 4 members (excludes halogenated alkanes) is 1. The third-order valence-electron chi connectivity index (χ3n) is 6.83. The van der Waals surface area contributed by atoms with Crippen LogP contribution in [0.1, 0.15) is 61.0 Å². The second kappa shape index (κ2) is 11.1. The summed E-state index contributed by atoms with van der Waals surface area (Å²) in [5.74, 6) is -1.01. The number of anilines is 1. The van der Waals surface area contributed by atoms with Gasteiger partial charge in [0.1, 0.15) is 17.7 Å². The summed E-state index contributed by atoms with van der Waals surface area (Å²) in [6, 6.07) is 4.50. The van der Waals surface area contributed by atoms with Gasteiger partial charge >= 0.3 is 5.97 Å². The zero-order valence-electron chi connectivity index (χ0n) is 20.1. The number of aromatic nitrogens is 2. The monoisotopic (exact) mass is 484 g/mol. The van der Waals surface area contributed by atoms with Crippen LogP contribution in [-0.2, 0) is 32.6 Å². The Bertz CT molecular complexity index is 1070. The molecule has 0 aromatic carbocycles. The van der Waals surface area contributed by atoms with Crippen LogP contribution in [-0.4, -0.2) is 52.8 Å². The first-order chi connectivity index (χ1) is 16.9. The molecule has 1 aliphatic heterocycles. The molecular weight excluding hydrogens is 451 g/mol. The third-order valence-corrected chi connectivity index (χ3v) is 6.83. The Morgan fingerprint density at radius 1 is 1.29 bits per heavy atom. The average Bonchev–Trinajstić information content (AvgIpc) is 3.66. The number of aryl methyl sites for hydroxylation is 3. The summed E-state index contributed by atoms with van der Waals surface area (Å²) in [5, 5.41) is 15.6. The zero-order valence-corrected chi connectivity index (χ0v) is 20.1. The first-order valence-corrected chi connectivity index (χ1v) is 12.4. The number of nitrogens with zero attached hydrogens (tertiary/aromatic N) is 2. The first kappa shape index (κ1) is 25.0. The molecule has 35 heavy (non-hydrogen) atoms. The summed E-state index contributed by atoms with van der Waals surface area (Å²) in [5.41, 5.74) is 2.55. The average molecular weight is 485 g/mol. The van der Waals surface area contributed by atoms with Gasteiger partial charge in [0.2, 0.25) is 5.91 Å². The fraction of sp³-hybridized carbons (Fsp3) is 0.538. The second-order valence-electron chi connectivity index (χ2n) is 9.43. The summed E-state index contributed by atoms with van der Waals surface area (Å²) in [6.07, 6.45) is 7.21. The van der Waals surface area contributed by atoms with Gasteiger partial charge in [-0.1, -0.05) is 6.07 Å². The van der Waals surface area contributed by atoms with Crippen LogP contribution in [0.5, 0.6) is 0 Å². The Labute approximate surface area is 204 Å². The number of carbonyl (C=O) groups is 2. The quantitative estimate of drug-likeness (QED) is 0.396. The van der Waals surface area contributed by atoms with Crippen LogP contribution in [0.25, 0.3) is 0 Å². The van der Waals surface area contributed by atoms with E-state index in [1.54, 1.807) is 6.92 Å². The van der Waals surface area contributed by atoms with E-state index in [1.165, 1.54) is 11.6 Å².